The van der Waals surface area contributed by atoms with Crippen molar-refractivity contribution in [1.82, 2.24) is 0 Å². The molecule has 1 heterocycles. The van der Waals surface area contributed by atoms with Crippen molar-refractivity contribution in [1.29, 1.82) is 0 Å². The summed E-state index contributed by atoms with van der Waals surface area (Å²) in [6.07, 6.45) is -2.89. The predicted molar refractivity (Wildman–Crippen MR) is 116 cm³/mol. The van der Waals surface area contributed by atoms with Gasteiger partial charge in [0.1, 0.15) is 11.3 Å². The first-order chi connectivity index (χ1) is 16.7. The number of halogens is 6. The van der Waals surface area contributed by atoms with E-state index in [9.17, 15) is 26.3 Å². The Bertz CT molecular complexity index is 1170. The third-order valence-corrected chi connectivity index (χ3v) is 5.69. The minimum Gasteiger partial charge on any atom is -0.429 e. The lowest BCUT2D eigenvalue weighted by atomic mass is 10.00. The number of hydrogen-bond donors (Lipinski definition) is 0. The molecular weight excluding hydrogens is 474 g/mol. The van der Waals surface area contributed by atoms with Crippen molar-refractivity contribution in [3.05, 3.63) is 89.0 Å². The maximum absolute atomic E-state index is 14.8. The lowest BCUT2D eigenvalue weighted by Crippen LogP contribution is -2.26. The second kappa shape index (κ2) is 10.3. The quantitative estimate of drug-likeness (QED) is 0.317. The minimum atomic E-state index is -4.34. The van der Waals surface area contributed by atoms with Gasteiger partial charge in [0, 0.05) is 23.1 Å². The Hall–Kier alpha value is -3.04. The van der Waals surface area contributed by atoms with Gasteiger partial charge in [-0.25, -0.2) is 17.6 Å². The smallest absolute Gasteiger partial charge is 0.429 e. The normalized spacial score (nSPS) is 18.5. The molecule has 3 nitrogen and oxygen atoms in total. The van der Waals surface area contributed by atoms with Crippen LogP contribution in [0.15, 0.2) is 54.6 Å². The molecule has 3 aromatic carbocycles. The zero-order chi connectivity index (χ0) is 25.2. The van der Waals surface area contributed by atoms with Gasteiger partial charge in [0.25, 0.3) is 0 Å². The summed E-state index contributed by atoms with van der Waals surface area (Å²) in [5.74, 6) is -6.43. The molecule has 1 aliphatic heterocycles. The van der Waals surface area contributed by atoms with Crippen molar-refractivity contribution in [2.45, 2.75) is 32.2 Å². The molecule has 0 bridgehead atoms. The van der Waals surface area contributed by atoms with Crippen LogP contribution in [-0.2, 0) is 15.6 Å². The lowest BCUT2D eigenvalue weighted by molar-refractivity contribution is -0.206. The third kappa shape index (κ3) is 5.46. The number of ether oxygens (including phenoxy) is 3. The van der Waals surface area contributed by atoms with Crippen molar-refractivity contribution < 1.29 is 40.6 Å². The highest BCUT2D eigenvalue weighted by Gasteiger charge is 2.39. The molecule has 35 heavy (non-hydrogen) atoms. The van der Waals surface area contributed by atoms with E-state index in [1.807, 2.05) is 0 Å². The molecule has 0 unspecified atom stereocenters. The molecule has 186 valence electrons. The SMILES string of the molecule is CCCC1COC(c2ccc(-c3ccc(C(F)(F)Oc4ccc(F)c(F)c4)c(F)c3F)cc2)OC1. The van der Waals surface area contributed by atoms with Crippen molar-refractivity contribution in [3.8, 4) is 16.9 Å². The fourth-order valence-electron chi connectivity index (χ4n) is 3.87. The van der Waals surface area contributed by atoms with Crippen LogP contribution in [0.1, 0.15) is 37.2 Å². The zero-order valence-electron chi connectivity index (χ0n) is 18.7. The Labute approximate surface area is 198 Å². The van der Waals surface area contributed by atoms with Crippen LogP contribution in [-0.4, -0.2) is 13.2 Å². The second-order valence-electron chi connectivity index (χ2n) is 8.26. The summed E-state index contributed by atoms with van der Waals surface area (Å²) in [5, 5.41) is 0. The second-order valence-corrected chi connectivity index (χ2v) is 8.26. The van der Waals surface area contributed by atoms with Crippen LogP contribution in [0, 0.1) is 29.2 Å². The Kier molecular flexibility index (Phi) is 7.37. The van der Waals surface area contributed by atoms with Gasteiger partial charge in [-0.2, -0.15) is 8.78 Å². The first-order valence-electron chi connectivity index (χ1n) is 11.0. The minimum absolute atomic E-state index is 0.241. The molecule has 1 saturated heterocycles. The molecule has 3 aromatic rings. The fourth-order valence-corrected chi connectivity index (χ4v) is 3.87. The summed E-state index contributed by atoms with van der Waals surface area (Å²) in [7, 11) is 0. The predicted octanol–water partition coefficient (Wildman–Crippen LogP) is 7.50. The Morgan fingerprint density at radius 3 is 2.17 bits per heavy atom. The highest BCUT2D eigenvalue weighted by atomic mass is 19.3. The summed E-state index contributed by atoms with van der Waals surface area (Å²) in [6, 6.07) is 9.67. The van der Waals surface area contributed by atoms with Crippen LogP contribution >= 0.6 is 0 Å². The van der Waals surface area contributed by atoms with Crippen LogP contribution in [0.2, 0.25) is 0 Å². The molecule has 0 saturated carbocycles. The van der Waals surface area contributed by atoms with Crippen molar-refractivity contribution >= 4 is 0 Å². The van der Waals surface area contributed by atoms with Crippen LogP contribution in [0.4, 0.5) is 26.3 Å². The molecule has 0 aliphatic carbocycles. The summed E-state index contributed by atoms with van der Waals surface area (Å²) >= 11 is 0. The fraction of sp³-hybridized carbons (Fsp3) is 0.308. The van der Waals surface area contributed by atoms with Gasteiger partial charge in [-0.1, -0.05) is 43.7 Å². The lowest BCUT2D eigenvalue weighted by Gasteiger charge is -2.29. The topological polar surface area (TPSA) is 27.7 Å². The first-order valence-corrected chi connectivity index (χ1v) is 11.0. The summed E-state index contributed by atoms with van der Waals surface area (Å²) < 4.78 is 101. The van der Waals surface area contributed by atoms with Gasteiger partial charge in [0.2, 0.25) is 0 Å². The molecule has 0 spiro atoms. The Morgan fingerprint density at radius 2 is 1.54 bits per heavy atom. The van der Waals surface area contributed by atoms with Crippen LogP contribution in [0.3, 0.4) is 0 Å². The van der Waals surface area contributed by atoms with E-state index in [1.54, 1.807) is 12.1 Å². The molecule has 9 heteroatoms. The van der Waals surface area contributed by atoms with E-state index < -0.39 is 47.0 Å². The van der Waals surface area contributed by atoms with E-state index >= 15 is 0 Å². The van der Waals surface area contributed by atoms with Crippen LogP contribution in [0.25, 0.3) is 11.1 Å². The summed E-state index contributed by atoms with van der Waals surface area (Å²) in [6.45, 7) is 3.20. The van der Waals surface area contributed by atoms with Gasteiger partial charge in [0.15, 0.2) is 29.6 Å². The van der Waals surface area contributed by atoms with Gasteiger partial charge in [-0.15, -0.1) is 0 Å². The number of hydrogen-bond acceptors (Lipinski definition) is 3. The van der Waals surface area contributed by atoms with Crippen LogP contribution < -0.4 is 4.74 Å². The average molecular weight is 496 g/mol. The van der Waals surface area contributed by atoms with Gasteiger partial charge < -0.3 is 14.2 Å². The monoisotopic (exact) mass is 496 g/mol. The maximum atomic E-state index is 14.8. The van der Waals surface area contributed by atoms with Crippen LogP contribution in [0.5, 0.6) is 5.75 Å². The zero-order valence-corrected chi connectivity index (χ0v) is 18.7. The number of rotatable bonds is 7. The molecule has 1 aliphatic rings. The Balaban J connectivity index is 1.52. The van der Waals surface area contributed by atoms with Gasteiger partial charge >= 0.3 is 6.11 Å². The van der Waals surface area contributed by atoms with Crippen molar-refractivity contribution in [2.24, 2.45) is 5.92 Å². The molecule has 0 atom stereocenters. The third-order valence-electron chi connectivity index (χ3n) is 5.69. The molecule has 0 amide bonds. The van der Waals surface area contributed by atoms with E-state index in [4.69, 9.17) is 9.47 Å². The van der Waals surface area contributed by atoms with Gasteiger partial charge in [-0.3, -0.25) is 0 Å². The molecule has 0 aromatic heterocycles. The van der Waals surface area contributed by atoms with Gasteiger partial charge in [-0.05, 0) is 30.2 Å². The highest BCUT2D eigenvalue weighted by Crippen LogP contribution is 2.37. The molecule has 4 rings (SSSR count). The maximum Gasteiger partial charge on any atom is 0.429 e. The van der Waals surface area contributed by atoms with E-state index in [1.165, 1.54) is 12.1 Å². The largest absolute Gasteiger partial charge is 0.429 e. The highest BCUT2D eigenvalue weighted by molar-refractivity contribution is 5.65. The van der Waals surface area contributed by atoms with E-state index in [0.29, 0.717) is 42.9 Å². The summed E-state index contributed by atoms with van der Waals surface area (Å²) in [4.78, 5) is 0. The van der Waals surface area contributed by atoms with E-state index in [0.717, 1.165) is 25.0 Å². The molecule has 0 radical (unpaired) electrons. The average Bonchev–Trinajstić information content (AvgIpc) is 2.84. The molecule has 0 N–H and O–H groups in total. The number of benzene rings is 3. The standard InChI is InChI=1S/C26H22F6O3/c1-2-3-15-13-33-25(34-14-15)17-6-4-16(5-7-17)19-9-10-20(24(30)23(19)29)26(31,32)35-18-8-11-21(27)22(28)12-18/h4-12,15,25H,2-3,13-14H2,1H3. The van der Waals surface area contributed by atoms with Crippen molar-refractivity contribution in [2.75, 3.05) is 13.2 Å². The van der Waals surface area contributed by atoms with Gasteiger partial charge in [0.05, 0.1) is 13.2 Å². The Morgan fingerprint density at radius 1 is 0.857 bits per heavy atom. The number of alkyl halides is 2. The molecule has 1 fully saturated rings. The van der Waals surface area contributed by atoms with E-state index in [2.05, 4.69) is 11.7 Å². The van der Waals surface area contributed by atoms with E-state index in [-0.39, 0.29) is 11.1 Å². The first kappa shape index (κ1) is 25.1. The molecular formula is C26H22F6O3. The van der Waals surface area contributed by atoms with Crippen molar-refractivity contribution in [3.63, 3.8) is 0 Å². The summed E-state index contributed by atoms with van der Waals surface area (Å²) in [5.41, 5.74) is -0.686.